The molecular formula is C22H27N5O3. The van der Waals surface area contributed by atoms with Gasteiger partial charge in [0.05, 0.1) is 11.8 Å². The van der Waals surface area contributed by atoms with Crippen molar-refractivity contribution in [1.82, 2.24) is 19.4 Å². The van der Waals surface area contributed by atoms with E-state index < -0.39 is 0 Å². The molecule has 1 saturated heterocycles. The minimum atomic E-state index is -0.261. The van der Waals surface area contributed by atoms with E-state index in [-0.39, 0.29) is 29.4 Å². The Morgan fingerprint density at radius 2 is 1.87 bits per heavy atom. The van der Waals surface area contributed by atoms with Crippen LogP contribution >= 0.6 is 0 Å². The van der Waals surface area contributed by atoms with Crippen LogP contribution in [0.5, 0.6) is 0 Å². The Hall–Kier alpha value is -2.74. The summed E-state index contributed by atoms with van der Waals surface area (Å²) >= 11 is 0. The van der Waals surface area contributed by atoms with Crippen molar-refractivity contribution in [3.05, 3.63) is 40.6 Å². The van der Waals surface area contributed by atoms with E-state index >= 15 is 0 Å². The molecule has 158 valence electrons. The number of rotatable bonds is 2. The molecular weight excluding hydrogens is 382 g/mol. The SMILES string of the molecule is Nc1cc(-c2cc3n(c(=O)c2)C[C@H]2C[C@@H]3CN(C(=O)C3CCC(O)CC3)C2)ncn1. The van der Waals surface area contributed by atoms with Crippen molar-refractivity contribution in [2.24, 2.45) is 11.8 Å². The first-order chi connectivity index (χ1) is 14.5. The molecule has 2 atom stereocenters. The van der Waals surface area contributed by atoms with E-state index in [2.05, 4.69) is 9.97 Å². The van der Waals surface area contributed by atoms with Crippen LogP contribution in [0.25, 0.3) is 11.3 Å². The fourth-order valence-electron chi connectivity index (χ4n) is 5.40. The largest absolute Gasteiger partial charge is 0.393 e. The highest BCUT2D eigenvalue weighted by molar-refractivity contribution is 5.79. The van der Waals surface area contributed by atoms with Crippen LogP contribution in [0.15, 0.2) is 29.3 Å². The second kappa shape index (κ2) is 7.50. The van der Waals surface area contributed by atoms with Gasteiger partial charge in [-0.25, -0.2) is 9.97 Å². The highest BCUT2D eigenvalue weighted by atomic mass is 16.3. The summed E-state index contributed by atoms with van der Waals surface area (Å²) in [5, 5.41) is 9.75. The van der Waals surface area contributed by atoms with Gasteiger partial charge in [0.25, 0.3) is 5.56 Å². The maximum absolute atomic E-state index is 13.1. The minimum Gasteiger partial charge on any atom is -0.393 e. The quantitative estimate of drug-likeness (QED) is 0.775. The fraction of sp³-hybridized carbons (Fsp3) is 0.545. The number of carbonyl (C=O) groups excluding carboxylic acids is 1. The van der Waals surface area contributed by atoms with E-state index in [1.165, 1.54) is 6.33 Å². The number of pyridine rings is 1. The predicted molar refractivity (Wildman–Crippen MR) is 112 cm³/mol. The Balaban J connectivity index is 1.42. The van der Waals surface area contributed by atoms with Crippen molar-refractivity contribution >= 4 is 11.7 Å². The van der Waals surface area contributed by atoms with Crippen molar-refractivity contribution in [1.29, 1.82) is 0 Å². The van der Waals surface area contributed by atoms with Gasteiger partial charge < -0.3 is 20.3 Å². The second-order valence-corrected chi connectivity index (χ2v) is 8.99. The molecule has 5 rings (SSSR count). The lowest BCUT2D eigenvalue weighted by atomic mass is 9.81. The van der Waals surface area contributed by atoms with Gasteiger partial charge in [-0.1, -0.05) is 0 Å². The maximum atomic E-state index is 13.1. The molecule has 30 heavy (non-hydrogen) atoms. The zero-order chi connectivity index (χ0) is 20.8. The van der Waals surface area contributed by atoms with Crippen molar-refractivity contribution in [2.45, 2.75) is 50.7 Å². The summed E-state index contributed by atoms with van der Waals surface area (Å²) in [7, 11) is 0. The normalized spacial score (nSPS) is 28.1. The number of fused-ring (bicyclic) bond motifs is 4. The van der Waals surface area contributed by atoms with Crippen LogP contribution in [0.3, 0.4) is 0 Å². The molecule has 8 heteroatoms. The Morgan fingerprint density at radius 3 is 2.63 bits per heavy atom. The number of nitrogens with two attached hydrogens (primary N) is 1. The molecule has 1 saturated carbocycles. The summed E-state index contributed by atoms with van der Waals surface area (Å²) in [6.07, 6.45) is 5.08. The van der Waals surface area contributed by atoms with Crippen LogP contribution in [-0.4, -0.2) is 49.6 Å². The number of carbonyl (C=O) groups is 1. The van der Waals surface area contributed by atoms with Crippen LogP contribution < -0.4 is 11.3 Å². The third kappa shape index (κ3) is 3.49. The van der Waals surface area contributed by atoms with Gasteiger partial charge in [0.1, 0.15) is 12.1 Å². The Bertz CT molecular complexity index is 1030. The lowest BCUT2D eigenvalue weighted by Gasteiger charge is -2.44. The van der Waals surface area contributed by atoms with E-state index in [0.717, 1.165) is 30.5 Å². The number of piperidine rings is 1. The number of hydrogen-bond donors (Lipinski definition) is 2. The molecule has 0 unspecified atom stereocenters. The first-order valence-electron chi connectivity index (χ1n) is 10.8. The number of likely N-dealkylation sites (tertiary alicyclic amines) is 1. The third-order valence-electron chi connectivity index (χ3n) is 6.90. The number of aromatic nitrogens is 3. The summed E-state index contributed by atoms with van der Waals surface area (Å²) in [5.74, 6) is 1.04. The number of amides is 1. The molecule has 0 spiro atoms. The monoisotopic (exact) mass is 409 g/mol. The van der Waals surface area contributed by atoms with Crippen LogP contribution in [0.2, 0.25) is 0 Å². The smallest absolute Gasteiger partial charge is 0.251 e. The topological polar surface area (TPSA) is 114 Å². The maximum Gasteiger partial charge on any atom is 0.251 e. The van der Waals surface area contributed by atoms with E-state index in [9.17, 15) is 14.7 Å². The molecule has 4 heterocycles. The predicted octanol–water partition coefficient (Wildman–Crippen LogP) is 1.38. The Labute approximate surface area is 174 Å². The molecule has 8 nitrogen and oxygen atoms in total. The third-order valence-corrected chi connectivity index (χ3v) is 6.90. The molecule has 0 radical (unpaired) electrons. The molecule has 1 amide bonds. The highest BCUT2D eigenvalue weighted by Crippen LogP contribution is 2.38. The number of nitrogen functional groups attached to an aromatic ring is 1. The lowest BCUT2D eigenvalue weighted by Crippen LogP contribution is -2.51. The van der Waals surface area contributed by atoms with E-state index in [1.54, 1.807) is 12.1 Å². The van der Waals surface area contributed by atoms with Gasteiger partial charge in [0.2, 0.25) is 5.91 Å². The van der Waals surface area contributed by atoms with Crippen molar-refractivity contribution in [2.75, 3.05) is 18.8 Å². The van der Waals surface area contributed by atoms with Gasteiger partial charge >= 0.3 is 0 Å². The second-order valence-electron chi connectivity index (χ2n) is 8.99. The number of anilines is 1. The number of nitrogens with zero attached hydrogens (tertiary/aromatic N) is 4. The Morgan fingerprint density at radius 1 is 1.07 bits per heavy atom. The molecule has 2 bridgehead atoms. The highest BCUT2D eigenvalue weighted by Gasteiger charge is 2.39. The standard InChI is InChI=1S/C22H27N5O3/c23-20-8-18(24-12-25-20)15-6-19-16-5-13(10-27(19)21(29)7-15)9-26(11-16)22(30)14-1-3-17(28)4-2-14/h6-8,12-14,16-17,28H,1-5,9-11H2,(H2,23,24,25)/t13-,14?,16+,17?/m0/s1. The Kier molecular flexibility index (Phi) is 4.81. The average molecular weight is 409 g/mol. The van der Waals surface area contributed by atoms with Crippen molar-refractivity contribution in [3.8, 4) is 11.3 Å². The summed E-state index contributed by atoms with van der Waals surface area (Å²) in [6, 6.07) is 5.31. The summed E-state index contributed by atoms with van der Waals surface area (Å²) < 4.78 is 1.87. The molecule has 2 fully saturated rings. The van der Waals surface area contributed by atoms with Crippen LogP contribution in [0, 0.1) is 11.8 Å². The van der Waals surface area contributed by atoms with Crippen molar-refractivity contribution in [3.63, 3.8) is 0 Å². The summed E-state index contributed by atoms with van der Waals surface area (Å²) in [5.41, 5.74) is 8.11. The minimum absolute atomic E-state index is 0.0183. The number of aliphatic hydroxyl groups is 1. The first kappa shape index (κ1) is 19.2. The van der Waals surface area contributed by atoms with Crippen molar-refractivity contribution < 1.29 is 9.90 Å². The molecule has 2 aromatic rings. The summed E-state index contributed by atoms with van der Waals surface area (Å²) in [6.45, 7) is 2.00. The van der Waals surface area contributed by atoms with Gasteiger partial charge in [-0.2, -0.15) is 0 Å². The first-order valence-corrected chi connectivity index (χ1v) is 10.8. The number of hydrogen-bond acceptors (Lipinski definition) is 6. The van der Waals surface area contributed by atoms with Crippen LogP contribution in [-0.2, 0) is 11.3 Å². The van der Waals surface area contributed by atoms with Crippen LogP contribution in [0.4, 0.5) is 5.82 Å². The zero-order valence-electron chi connectivity index (χ0n) is 16.9. The molecule has 1 aliphatic carbocycles. The number of aliphatic hydroxyl groups excluding tert-OH is 1. The summed E-state index contributed by atoms with van der Waals surface area (Å²) in [4.78, 5) is 36.2. The fourth-order valence-corrected chi connectivity index (χ4v) is 5.40. The molecule has 3 N–H and O–H groups in total. The van der Waals surface area contributed by atoms with E-state index in [0.29, 0.717) is 49.9 Å². The van der Waals surface area contributed by atoms with E-state index in [1.807, 2.05) is 15.5 Å². The zero-order valence-corrected chi connectivity index (χ0v) is 16.9. The molecule has 2 aromatic heterocycles. The van der Waals surface area contributed by atoms with Gasteiger partial charge in [-0.15, -0.1) is 0 Å². The molecule has 3 aliphatic rings. The van der Waals surface area contributed by atoms with Gasteiger partial charge in [0.15, 0.2) is 0 Å². The van der Waals surface area contributed by atoms with Gasteiger partial charge in [0, 0.05) is 54.9 Å². The van der Waals surface area contributed by atoms with E-state index in [4.69, 9.17) is 5.73 Å². The lowest BCUT2D eigenvalue weighted by molar-refractivity contribution is -0.140. The van der Waals surface area contributed by atoms with Crippen LogP contribution in [0.1, 0.15) is 43.7 Å². The molecule has 2 aliphatic heterocycles. The van der Waals surface area contributed by atoms with Gasteiger partial charge in [-0.3, -0.25) is 9.59 Å². The van der Waals surface area contributed by atoms with Gasteiger partial charge in [-0.05, 0) is 44.1 Å². The molecule has 0 aromatic carbocycles. The average Bonchev–Trinajstić information content (AvgIpc) is 2.74.